The van der Waals surface area contributed by atoms with Crippen molar-refractivity contribution in [3.05, 3.63) is 46.7 Å². The van der Waals surface area contributed by atoms with Crippen LogP contribution in [-0.2, 0) is 0 Å². The Kier molecular flexibility index (Phi) is 6.00. The van der Waals surface area contributed by atoms with Gasteiger partial charge in [0.15, 0.2) is 0 Å². The Morgan fingerprint density at radius 3 is 2.77 bits per heavy atom. The number of rotatable bonds is 3. The topological polar surface area (TPSA) is 41.1 Å². The summed E-state index contributed by atoms with van der Waals surface area (Å²) in [4.78, 5) is 13.4. The van der Waals surface area contributed by atoms with Crippen LogP contribution in [0.3, 0.4) is 0 Å². The molecule has 2 N–H and O–H groups in total. The van der Waals surface area contributed by atoms with Crippen molar-refractivity contribution in [2.45, 2.75) is 19.4 Å². The number of hydrogen-bond acceptors (Lipinski definition) is 3. The molecule has 0 saturated carbocycles. The highest BCUT2D eigenvalue weighted by Crippen LogP contribution is 2.28. The van der Waals surface area contributed by atoms with Gasteiger partial charge < -0.3 is 10.6 Å². The van der Waals surface area contributed by atoms with E-state index in [4.69, 9.17) is 0 Å². The summed E-state index contributed by atoms with van der Waals surface area (Å²) >= 11 is 1.51. The number of nitrogens with one attached hydrogen (secondary N) is 2. The quantitative estimate of drug-likeness (QED) is 0.899. The zero-order valence-electron chi connectivity index (χ0n) is 12.5. The third-order valence-electron chi connectivity index (χ3n) is 4.06. The van der Waals surface area contributed by atoms with Gasteiger partial charge in [-0.1, -0.05) is 37.3 Å². The molecule has 0 radical (unpaired) electrons. The van der Waals surface area contributed by atoms with E-state index in [9.17, 15) is 4.79 Å². The van der Waals surface area contributed by atoms with Crippen LogP contribution in [0.1, 0.15) is 23.0 Å². The largest absolute Gasteiger partial charge is 0.348 e. The number of benzene rings is 1. The summed E-state index contributed by atoms with van der Waals surface area (Å²) in [7, 11) is 0. The number of halogens is 1. The Hall–Kier alpha value is -1.36. The number of thiophene rings is 1. The van der Waals surface area contributed by atoms with E-state index in [2.05, 4.69) is 17.6 Å². The lowest BCUT2D eigenvalue weighted by Gasteiger charge is -2.30. The first-order valence-corrected chi connectivity index (χ1v) is 8.28. The first-order valence-electron chi connectivity index (χ1n) is 7.40. The molecule has 3 nitrogen and oxygen atoms in total. The van der Waals surface area contributed by atoms with Gasteiger partial charge in [0.1, 0.15) is 0 Å². The molecule has 0 aliphatic carbocycles. The third kappa shape index (κ3) is 3.69. The molecule has 1 aromatic carbocycles. The van der Waals surface area contributed by atoms with Gasteiger partial charge in [0.25, 0.3) is 5.91 Å². The maximum absolute atomic E-state index is 12.6. The van der Waals surface area contributed by atoms with Crippen LogP contribution in [0.4, 0.5) is 0 Å². The first-order chi connectivity index (χ1) is 10.3. The maximum Gasteiger partial charge on any atom is 0.262 e. The Morgan fingerprint density at radius 2 is 2.05 bits per heavy atom. The van der Waals surface area contributed by atoms with Crippen molar-refractivity contribution < 1.29 is 4.79 Å². The average Bonchev–Trinajstić information content (AvgIpc) is 3.00. The number of carbonyl (C=O) groups excluding carboxylic acids is 1. The molecule has 1 aliphatic rings. The van der Waals surface area contributed by atoms with E-state index in [1.807, 2.05) is 41.8 Å². The molecule has 1 saturated heterocycles. The molecular formula is C17H21ClN2OS. The van der Waals surface area contributed by atoms with Gasteiger partial charge in [-0.15, -0.1) is 23.7 Å². The minimum absolute atomic E-state index is 0. The molecular weight excluding hydrogens is 316 g/mol. The molecule has 2 aromatic rings. The molecule has 118 valence electrons. The Morgan fingerprint density at radius 1 is 1.27 bits per heavy atom. The minimum Gasteiger partial charge on any atom is -0.348 e. The molecule has 1 amide bonds. The summed E-state index contributed by atoms with van der Waals surface area (Å²) in [6.45, 7) is 4.13. The molecule has 2 unspecified atom stereocenters. The highest BCUT2D eigenvalue weighted by Gasteiger charge is 2.24. The van der Waals surface area contributed by atoms with Crippen molar-refractivity contribution in [2.24, 2.45) is 5.92 Å². The van der Waals surface area contributed by atoms with E-state index < -0.39 is 0 Å². The predicted molar refractivity (Wildman–Crippen MR) is 94.9 cm³/mol. The Balaban J connectivity index is 0.00000176. The Bertz CT molecular complexity index is 614. The summed E-state index contributed by atoms with van der Waals surface area (Å²) < 4.78 is 0. The van der Waals surface area contributed by atoms with Crippen LogP contribution in [0, 0.1) is 5.92 Å². The van der Waals surface area contributed by atoms with Gasteiger partial charge in [-0.2, -0.15) is 0 Å². The highest BCUT2D eigenvalue weighted by atomic mass is 35.5. The zero-order valence-corrected chi connectivity index (χ0v) is 14.2. The van der Waals surface area contributed by atoms with E-state index >= 15 is 0 Å². The lowest BCUT2D eigenvalue weighted by Crippen LogP contribution is -2.48. The van der Waals surface area contributed by atoms with Gasteiger partial charge in [-0.25, -0.2) is 0 Å². The normalized spacial score (nSPS) is 21.0. The first kappa shape index (κ1) is 17.0. The van der Waals surface area contributed by atoms with Crippen LogP contribution in [0.25, 0.3) is 11.1 Å². The Labute approximate surface area is 141 Å². The van der Waals surface area contributed by atoms with Crippen LogP contribution in [0.15, 0.2) is 41.8 Å². The van der Waals surface area contributed by atoms with Crippen LogP contribution in [0.2, 0.25) is 0 Å². The summed E-state index contributed by atoms with van der Waals surface area (Å²) in [6, 6.07) is 12.4. The lowest BCUT2D eigenvalue weighted by molar-refractivity contribution is 0.0919. The van der Waals surface area contributed by atoms with E-state index in [1.54, 1.807) is 0 Å². The van der Waals surface area contributed by atoms with E-state index in [-0.39, 0.29) is 24.4 Å². The second-order valence-electron chi connectivity index (χ2n) is 5.58. The number of hydrogen-bond donors (Lipinski definition) is 2. The smallest absolute Gasteiger partial charge is 0.262 e. The second-order valence-corrected chi connectivity index (χ2v) is 6.50. The number of piperidine rings is 1. The molecule has 0 bridgehead atoms. The molecule has 0 spiro atoms. The molecule has 5 heteroatoms. The third-order valence-corrected chi connectivity index (χ3v) is 4.97. The summed E-state index contributed by atoms with van der Waals surface area (Å²) in [6.07, 6.45) is 0.999. The molecule has 22 heavy (non-hydrogen) atoms. The van der Waals surface area contributed by atoms with E-state index in [0.29, 0.717) is 5.92 Å². The van der Waals surface area contributed by atoms with E-state index in [0.717, 1.165) is 35.5 Å². The average molecular weight is 337 g/mol. The highest BCUT2D eigenvalue weighted by molar-refractivity contribution is 7.12. The summed E-state index contributed by atoms with van der Waals surface area (Å²) in [5, 5.41) is 8.56. The standard InChI is InChI=1S/C17H20N2OS.ClH/c1-12-11-18-9-7-15(12)19-17(20)16-14(8-10-21-16)13-5-3-2-4-6-13;/h2-6,8,10,12,15,18H,7,9,11H2,1H3,(H,19,20);1H. The fourth-order valence-corrected chi connectivity index (χ4v) is 3.61. The number of carbonyl (C=O) groups is 1. The van der Waals surface area contributed by atoms with Crippen LogP contribution < -0.4 is 10.6 Å². The molecule has 2 atom stereocenters. The van der Waals surface area contributed by atoms with Crippen molar-refractivity contribution in [1.29, 1.82) is 0 Å². The van der Waals surface area contributed by atoms with Crippen LogP contribution >= 0.6 is 23.7 Å². The van der Waals surface area contributed by atoms with Crippen LogP contribution in [-0.4, -0.2) is 25.0 Å². The van der Waals surface area contributed by atoms with Crippen molar-refractivity contribution in [3.63, 3.8) is 0 Å². The lowest BCUT2D eigenvalue weighted by atomic mass is 9.95. The fraction of sp³-hybridized carbons (Fsp3) is 0.353. The van der Waals surface area contributed by atoms with Crippen molar-refractivity contribution in [3.8, 4) is 11.1 Å². The van der Waals surface area contributed by atoms with Gasteiger partial charge in [0.2, 0.25) is 0 Å². The van der Waals surface area contributed by atoms with Gasteiger partial charge in [-0.05, 0) is 42.4 Å². The minimum atomic E-state index is 0. The summed E-state index contributed by atoms with van der Waals surface area (Å²) in [5.41, 5.74) is 2.13. The molecule has 1 aliphatic heterocycles. The van der Waals surface area contributed by atoms with Crippen molar-refractivity contribution in [1.82, 2.24) is 10.6 Å². The van der Waals surface area contributed by atoms with Crippen molar-refractivity contribution >= 4 is 29.7 Å². The zero-order chi connectivity index (χ0) is 14.7. The fourth-order valence-electron chi connectivity index (χ4n) is 2.79. The maximum atomic E-state index is 12.6. The number of amides is 1. The van der Waals surface area contributed by atoms with E-state index in [1.165, 1.54) is 11.3 Å². The molecule has 1 fully saturated rings. The van der Waals surface area contributed by atoms with Gasteiger partial charge in [0.05, 0.1) is 4.88 Å². The van der Waals surface area contributed by atoms with Crippen LogP contribution in [0.5, 0.6) is 0 Å². The summed E-state index contributed by atoms with van der Waals surface area (Å²) in [5.74, 6) is 0.533. The SMILES string of the molecule is CC1CNCCC1NC(=O)c1sccc1-c1ccccc1.Cl. The van der Waals surface area contributed by atoms with Gasteiger partial charge >= 0.3 is 0 Å². The molecule has 1 aromatic heterocycles. The predicted octanol–water partition coefficient (Wildman–Crippen LogP) is 3.56. The van der Waals surface area contributed by atoms with Gasteiger partial charge in [0, 0.05) is 11.6 Å². The molecule has 2 heterocycles. The van der Waals surface area contributed by atoms with Crippen molar-refractivity contribution in [2.75, 3.05) is 13.1 Å². The second kappa shape index (κ2) is 7.77. The monoisotopic (exact) mass is 336 g/mol. The molecule has 3 rings (SSSR count). The van der Waals surface area contributed by atoms with Gasteiger partial charge in [-0.3, -0.25) is 4.79 Å².